The van der Waals surface area contributed by atoms with Gasteiger partial charge in [-0.15, -0.1) is 0 Å². The summed E-state index contributed by atoms with van der Waals surface area (Å²) in [6, 6.07) is 11.6. The lowest BCUT2D eigenvalue weighted by molar-refractivity contribution is 0.0578. The molecular formula is C29H27F2N5O4. The Labute approximate surface area is 230 Å². The summed E-state index contributed by atoms with van der Waals surface area (Å²) in [6.45, 7) is 5.28. The lowest BCUT2D eigenvalue weighted by atomic mass is 10.0. The molecule has 9 nitrogen and oxygen atoms in total. The quantitative estimate of drug-likeness (QED) is 0.386. The average Bonchev–Trinajstić information content (AvgIpc) is 2.92. The summed E-state index contributed by atoms with van der Waals surface area (Å²) in [5.74, 6) is -1.52. The fraction of sp³-hybridized carbons (Fsp3) is 0.310. The molecule has 1 aromatic heterocycles. The zero-order valence-corrected chi connectivity index (χ0v) is 22.5. The molecule has 0 aliphatic carbocycles. The lowest BCUT2D eigenvalue weighted by Crippen LogP contribution is -2.46. The van der Waals surface area contributed by atoms with Crippen molar-refractivity contribution in [2.45, 2.75) is 39.2 Å². The van der Waals surface area contributed by atoms with Gasteiger partial charge < -0.3 is 14.4 Å². The van der Waals surface area contributed by atoms with Crippen molar-refractivity contribution in [3.05, 3.63) is 70.8 Å². The van der Waals surface area contributed by atoms with Crippen molar-refractivity contribution in [3.63, 3.8) is 0 Å². The zero-order valence-electron chi connectivity index (χ0n) is 22.5. The second kappa shape index (κ2) is 10.1. The molecule has 11 heteroatoms. The molecule has 2 aromatic carbocycles. The molecule has 3 heterocycles. The summed E-state index contributed by atoms with van der Waals surface area (Å²) in [7, 11) is 1.43. The number of aryl methyl sites for hydroxylation is 1. The van der Waals surface area contributed by atoms with E-state index in [1.165, 1.54) is 35.1 Å². The van der Waals surface area contributed by atoms with Crippen LogP contribution in [0.2, 0.25) is 0 Å². The Balaban J connectivity index is 1.77. The molecule has 206 valence electrons. The van der Waals surface area contributed by atoms with E-state index in [9.17, 15) is 23.6 Å². The number of aromatic nitrogens is 1. The number of nitrogens with zero attached hydrogens (tertiary/aromatic N) is 5. The highest BCUT2D eigenvalue weighted by Crippen LogP contribution is 2.42. The number of ether oxygens (including phenoxy) is 2. The van der Waals surface area contributed by atoms with Crippen LogP contribution in [0.1, 0.15) is 48.7 Å². The van der Waals surface area contributed by atoms with Gasteiger partial charge in [-0.05, 0) is 75.6 Å². The first-order valence-electron chi connectivity index (χ1n) is 12.7. The molecule has 3 aromatic rings. The van der Waals surface area contributed by atoms with Crippen molar-refractivity contribution in [1.29, 1.82) is 5.26 Å². The van der Waals surface area contributed by atoms with Crippen LogP contribution >= 0.6 is 0 Å². The van der Waals surface area contributed by atoms with Crippen LogP contribution in [0.25, 0.3) is 0 Å². The van der Waals surface area contributed by atoms with Gasteiger partial charge in [-0.25, -0.2) is 13.6 Å². The van der Waals surface area contributed by atoms with Gasteiger partial charge in [0.2, 0.25) is 5.88 Å². The molecule has 40 heavy (non-hydrogen) atoms. The molecule has 2 aliphatic heterocycles. The Morgan fingerprint density at radius 2 is 1.80 bits per heavy atom. The minimum Gasteiger partial charge on any atom is -0.481 e. The van der Waals surface area contributed by atoms with Crippen molar-refractivity contribution in [3.8, 4) is 11.9 Å². The molecule has 2 amide bonds. The van der Waals surface area contributed by atoms with E-state index in [4.69, 9.17) is 9.47 Å². The van der Waals surface area contributed by atoms with Crippen LogP contribution in [0.5, 0.6) is 5.88 Å². The van der Waals surface area contributed by atoms with Gasteiger partial charge in [0.05, 0.1) is 29.6 Å². The van der Waals surface area contributed by atoms with E-state index in [2.05, 4.69) is 4.98 Å². The number of anilines is 4. The second-order valence-corrected chi connectivity index (χ2v) is 10.5. The maximum absolute atomic E-state index is 14.8. The Hall–Kier alpha value is -4.72. The summed E-state index contributed by atoms with van der Waals surface area (Å²) in [4.78, 5) is 36.3. The molecule has 0 saturated heterocycles. The van der Waals surface area contributed by atoms with Crippen LogP contribution in [0.4, 0.5) is 36.5 Å². The number of methoxy groups -OCH3 is 1. The van der Waals surface area contributed by atoms with Crippen molar-refractivity contribution in [2.75, 3.05) is 35.0 Å². The van der Waals surface area contributed by atoms with Gasteiger partial charge in [0.15, 0.2) is 5.82 Å². The first-order valence-corrected chi connectivity index (χ1v) is 12.7. The van der Waals surface area contributed by atoms with Crippen molar-refractivity contribution in [2.24, 2.45) is 0 Å². The van der Waals surface area contributed by atoms with Gasteiger partial charge in [-0.3, -0.25) is 14.6 Å². The number of halogens is 2. The number of amides is 2. The number of hydrogen-bond acceptors (Lipinski definition) is 7. The van der Waals surface area contributed by atoms with E-state index in [1.807, 2.05) is 6.07 Å². The number of nitriles is 1. The molecular weight excluding hydrogens is 520 g/mol. The van der Waals surface area contributed by atoms with E-state index >= 15 is 0 Å². The van der Waals surface area contributed by atoms with Crippen molar-refractivity contribution in [1.82, 2.24) is 4.98 Å². The third-order valence-corrected chi connectivity index (χ3v) is 6.61. The fourth-order valence-corrected chi connectivity index (χ4v) is 4.85. The highest BCUT2D eigenvalue weighted by Gasteiger charge is 2.37. The van der Waals surface area contributed by atoms with Crippen LogP contribution < -0.4 is 19.4 Å². The maximum atomic E-state index is 14.8. The minimum atomic E-state index is -0.844. The predicted molar refractivity (Wildman–Crippen MR) is 144 cm³/mol. The molecule has 2 bridgehead atoms. The molecule has 0 fully saturated rings. The van der Waals surface area contributed by atoms with E-state index in [0.29, 0.717) is 29.8 Å². The Morgan fingerprint density at radius 1 is 1.05 bits per heavy atom. The summed E-state index contributed by atoms with van der Waals surface area (Å²) in [6.07, 6.45) is 0.0764. The van der Waals surface area contributed by atoms with Gasteiger partial charge >= 0.3 is 6.09 Å². The van der Waals surface area contributed by atoms with Gasteiger partial charge in [-0.1, -0.05) is 0 Å². The van der Waals surface area contributed by atoms with Gasteiger partial charge in [-0.2, -0.15) is 10.2 Å². The summed E-state index contributed by atoms with van der Waals surface area (Å²) in [5, 5.41) is 9.48. The molecule has 0 radical (unpaired) electrons. The van der Waals surface area contributed by atoms with Crippen LogP contribution in [0.15, 0.2) is 42.5 Å². The molecule has 2 aliphatic rings. The second-order valence-electron chi connectivity index (χ2n) is 10.5. The van der Waals surface area contributed by atoms with Crippen molar-refractivity contribution >= 4 is 34.9 Å². The normalized spacial score (nSPS) is 14.8. The minimum absolute atomic E-state index is 0.00265. The zero-order chi connectivity index (χ0) is 28.8. The number of pyridine rings is 1. The Kier molecular flexibility index (Phi) is 6.79. The first kappa shape index (κ1) is 26.9. The smallest absolute Gasteiger partial charge is 0.416 e. The van der Waals surface area contributed by atoms with E-state index in [1.54, 1.807) is 43.9 Å². The number of fused-ring (bicyclic) bond motifs is 8. The summed E-state index contributed by atoms with van der Waals surface area (Å²) < 4.78 is 40.3. The van der Waals surface area contributed by atoms with E-state index < -0.39 is 29.2 Å². The maximum Gasteiger partial charge on any atom is 0.416 e. The summed E-state index contributed by atoms with van der Waals surface area (Å²) in [5.41, 5.74) is 0.753. The van der Waals surface area contributed by atoms with Crippen molar-refractivity contribution < 1.29 is 27.8 Å². The van der Waals surface area contributed by atoms with Crippen LogP contribution in [-0.2, 0) is 11.2 Å². The Morgan fingerprint density at radius 3 is 2.50 bits per heavy atom. The number of carbonyl (C=O) groups is 2. The van der Waals surface area contributed by atoms with E-state index in [0.717, 1.165) is 6.07 Å². The van der Waals surface area contributed by atoms with Gasteiger partial charge in [0.25, 0.3) is 5.91 Å². The Bertz CT molecular complexity index is 1560. The number of carbonyl (C=O) groups excluding carboxylic acids is 2. The highest BCUT2D eigenvalue weighted by atomic mass is 19.1. The SMILES string of the molecule is COc1ccc2c(n1)N(C(=O)OC(C)(C)C)CCCc1cc(F)ccc1N1CN2C(=O)c2cc(F)c(C#N)cc21. The van der Waals surface area contributed by atoms with Crippen LogP contribution in [-0.4, -0.2) is 42.9 Å². The lowest BCUT2D eigenvalue weighted by Gasteiger charge is -2.39. The molecule has 0 saturated carbocycles. The van der Waals surface area contributed by atoms with Gasteiger partial charge in [0, 0.05) is 18.3 Å². The number of benzene rings is 2. The average molecular weight is 548 g/mol. The molecule has 0 unspecified atom stereocenters. The monoisotopic (exact) mass is 547 g/mol. The largest absolute Gasteiger partial charge is 0.481 e. The predicted octanol–water partition coefficient (Wildman–Crippen LogP) is 5.68. The van der Waals surface area contributed by atoms with Crippen LogP contribution in [0, 0.1) is 23.0 Å². The number of rotatable bonds is 1. The fourth-order valence-electron chi connectivity index (χ4n) is 4.85. The van der Waals surface area contributed by atoms with Crippen LogP contribution in [0.3, 0.4) is 0 Å². The third kappa shape index (κ3) is 4.88. The topological polar surface area (TPSA) is 99.0 Å². The molecule has 0 N–H and O–H groups in total. The number of hydrogen-bond donors (Lipinski definition) is 0. The molecule has 0 atom stereocenters. The first-order chi connectivity index (χ1) is 19.0. The molecule has 0 spiro atoms. The van der Waals surface area contributed by atoms with E-state index in [-0.39, 0.29) is 41.7 Å². The molecule has 5 rings (SSSR count). The van der Waals surface area contributed by atoms with Gasteiger partial charge in [0.1, 0.15) is 30.0 Å². The standard InChI is InChI=1S/C29H27F2N5O4/c1-29(2,3)40-28(38)34-11-5-6-17-12-19(30)7-8-22(17)35-16-36(23-9-10-25(39-4)33-26(23)34)27(37)20-14-21(31)18(15-32)13-24(20)35/h7-10,12-14H,5-6,11,16H2,1-4H3. The highest BCUT2D eigenvalue weighted by molar-refractivity contribution is 6.14. The summed E-state index contributed by atoms with van der Waals surface area (Å²) >= 11 is 0. The third-order valence-electron chi connectivity index (χ3n) is 6.61.